The summed E-state index contributed by atoms with van der Waals surface area (Å²) in [6, 6.07) is 17.7. The van der Waals surface area contributed by atoms with Crippen LogP contribution in [0.5, 0.6) is 5.75 Å². The SMILES string of the molecule is CC1CC(CN)CN1C(=O)c1ccc(COc2ccccc2)cc1. The minimum Gasteiger partial charge on any atom is -0.489 e. The summed E-state index contributed by atoms with van der Waals surface area (Å²) in [5.41, 5.74) is 7.52. The fourth-order valence-corrected chi connectivity index (χ4v) is 3.19. The zero-order chi connectivity index (χ0) is 16.9. The standard InChI is InChI=1S/C20H24N2O2/c1-15-11-17(12-21)13-22(15)20(23)18-9-7-16(8-10-18)14-24-19-5-3-2-4-6-19/h2-10,15,17H,11-14,21H2,1H3. The highest BCUT2D eigenvalue weighted by Gasteiger charge is 2.31. The number of hydrogen-bond donors (Lipinski definition) is 1. The molecule has 0 aliphatic carbocycles. The second-order valence-electron chi connectivity index (χ2n) is 6.44. The second kappa shape index (κ2) is 7.49. The Balaban J connectivity index is 1.61. The first-order valence-corrected chi connectivity index (χ1v) is 8.45. The van der Waals surface area contributed by atoms with Crippen molar-refractivity contribution in [1.29, 1.82) is 0 Å². The second-order valence-corrected chi connectivity index (χ2v) is 6.44. The molecule has 4 nitrogen and oxygen atoms in total. The molecule has 1 fully saturated rings. The number of amides is 1. The van der Waals surface area contributed by atoms with Gasteiger partial charge in [-0.25, -0.2) is 0 Å². The summed E-state index contributed by atoms with van der Waals surface area (Å²) in [4.78, 5) is 14.6. The molecule has 2 aromatic rings. The smallest absolute Gasteiger partial charge is 0.254 e. The van der Waals surface area contributed by atoms with Gasteiger partial charge in [0.2, 0.25) is 0 Å². The first-order chi connectivity index (χ1) is 11.7. The van der Waals surface area contributed by atoms with Gasteiger partial charge in [0.15, 0.2) is 0 Å². The van der Waals surface area contributed by atoms with Gasteiger partial charge in [-0.15, -0.1) is 0 Å². The average Bonchev–Trinajstić information content (AvgIpc) is 3.01. The minimum atomic E-state index is 0.0916. The Labute approximate surface area is 143 Å². The number of benzene rings is 2. The summed E-state index contributed by atoms with van der Waals surface area (Å²) in [7, 11) is 0. The van der Waals surface area contributed by atoms with Crippen molar-refractivity contribution in [1.82, 2.24) is 4.90 Å². The molecular formula is C20H24N2O2. The van der Waals surface area contributed by atoms with Gasteiger partial charge < -0.3 is 15.4 Å². The highest BCUT2D eigenvalue weighted by molar-refractivity contribution is 5.94. The molecule has 0 radical (unpaired) electrons. The summed E-state index contributed by atoms with van der Waals surface area (Å²) in [6.07, 6.45) is 0.991. The molecular weight excluding hydrogens is 300 g/mol. The van der Waals surface area contributed by atoms with Crippen LogP contribution in [0, 0.1) is 5.92 Å². The molecule has 2 unspecified atom stereocenters. The Morgan fingerprint density at radius 1 is 1.17 bits per heavy atom. The van der Waals surface area contributed by atoms with Gasteiger partial charge in [0, 0.05) is 18.2 Å². The van der Waals surface area contributed by atoms with E-state index >= 15 is 0 Å². The fourth-order valence-electron chi connectivity index (χ4n) is 3.19. The number of nitrogens with two attached hydrogens (primary N) is 1. The molecule has 2 N–H and O–H groups in total. The maximum atomic E-state index is 12.7. The van der Waals surface area contributed by atoms with Crippen LogP contribution in [0.25, 0.3) is 0 Å². The largest absolute Gasteiger partial charge is 0.489 e. The lowest BCUT2D eigenvalue weighted by atomic mass is 10.1. The van der Waals surface area contributed by atoms with Crippen molar-refractivity contribution in [3.8, 4) is 5.75 Å². The van der Waals surface area contributed by atoms with Gasteiger partial charge in [0.1, 0.15) is 12.4 Å². The monoisotopic (exact) mass is 324 g/mol. The normalized spacial score (nSPS) is 20.2. The quantitative estimate of drug-likeness (QED) is 0.919. The fraction of sp³-hybridized carbons (Fsp3) is 0.350. The Bertz CT molecular complexity index is 670. The van der Waals surface area contributed by atoms with Crippen molar-refractivity contribution in [2.75, 3.05) is 13.1 Å². The van der Waals surface area contributed by atoms with E-state index in [0.717, 1.165) is 29.8 Å². The summed E-state index contributed by atoms with van der Waals surface area (Å²) in [6.45, 7) is 3.99. The van der Waals surface area contributed by atoms with Crippen LogP contribution in [0.1, 0.15) is 29.3 Å². The van der Waals surface area contributed by atoms with Crippen LogP contribution in [0.4, 0.5) is 0 Å². The molecule has 2 atom stereocenters. The van der Waals surface area contributed by atoms with Crippen molar-refractivity contribution < 1.29 is 9.53 Å². The van der Waals surface area contributed by atoms with Gasteiger partial charge in [0.05, 0.1) is 0 Å². The lowest BCUT2D eigenvalue weighted by Gasteiger charge is -2.21. The molecule has 0 bridgehead atoms. The van der Waals surface area contributed by atoms with Gasteiger partial charge in [-0.1, -0.05) is 30.3 Å². The Hall–Kier alpha value is -2.33. The van der Waals surface area contributed by atoms with Crippen molar-refractivity contribution in [3.05, 3.63) is 65.7 Å². The van der Waals surface area contributed by atoms with E-state index in [4.69, 9.17) is 10.5 Å². The number of hydrogen-bond acceptors (Lipinski definition) is 3. The first-order valence-electron chi connectivity index (χ1n) is 8.45. The highest BCUT2D eigenvalue weighted by atomic mass is 16.5. The van der Waals surface area contributed by atoms with Gasteiger partial charge in [-0.3, -0.25) is 4.79 Å². The Morgan fingerprint density at radius 3 is 2.50 bits per heavy atom. The van der Waals surface area contributed by atoms with Gasteiger partial charge in [-0.05, 0) is 55.6 Å². The van der Waals surface area contributed by atoms with Gasteiger partial charge >= 0.3 is 0 Å². The topological polar surface area (TPSA) is 55.6 Å². The molecule has 126 valence electrons. The number of nitrogens with zero attached hydrogens (tertiary/aromatic N) is 1. The van der Waals surface area contributed by atoms with E-state index in [1.807, 2.05) is 59.5 Å². The third-order valence-corrected chi connectivity index (χ3v) is 4.61. The van der Waals surface area contributed by atoms with E-state index in [1.54, 1.807) is 0 Å². The molecule has 2 aromatic carbocycles. The first kappa shape index (κ1) is 16.5. The number of rotatable bonds is 5. The van der Waals surface area contributed by atoms with Crippen molar-refractivity contribution in [2.24, 2.45) is 11.7 Å². The maximum Gasteiger partial charge on any atom is 0.254 e. The van der Waals surface area contributed by atoms with Crippen LogP contribution < -0.4 is 10.5 Å². The minimum absolute atomic E-state index is 0.0916. The van der Waals surface area contributed by atoms with E-state index in [2.05, 4.69) is 6.92 Å². The van der Waals surface area contributed by atoms with Crippen LogP contribution >= 0.6 is 0 Å². The number of ether oxygens (including phenoxy) is 1. The molecule has 0 aromatic heterocycles. The van der Waals surface area contributed by atoms with Crippen LogP contribution in [-0.2, 0) is 6.61 Å². The van der Waals surface area contributed by atoms with Crippen LogP contribution in [-0.4, -0.2) is 29.9 Å². The van der Waals surface area contributed by atoms with Gasteiger partial charge in [0.25, 0.3) is 5.91 Å². The molecule has 0 spiro atoms. The summed E-state index contributed by atoms with van der Waals surface area (Å²) < 4.78 is 5.73. The third-order valence-electron chi connectivity index (χ3n) is 4.61. The molecule has 1 aliphatic heterocycles. The van der Waals surface area contributed by atoms with Crippen LogP contribution in [0.3, 0.4) is 0 Å². The predicted molar refractivity (Wildman–Crippen MR) is 94.9 cm³/mol. The molecule has 1 amide bonds. The summed E-state index contributed by atoms with van der Waals surface area (Å²) >= 11 is 0. The average molecular weight is 324 g/mol. The van der Waals surface area contributed by atoms with Crippen molar-refractivity contribution in [2.45, 2.75) is 26.0 Å². The van der Waals surface area contributed by atoms with Crippen LogP contribution in [0.15, 0.2) is 54.6 Å². The number of carbonyl (C=O) groups is 1. The van der Waals surface area contributed by atoms with E-state index in [0.29, 0.717) is 19.1 Å². The molecule has 24 heavy (non-hydrogen) atoms. The maximum absolute atomic E-state index is 12.7. The lowest BCUT2D eigenvalue weighted by molar-refractivity contribution is 0.0743. The van der Waals surface area contributed by atoms with E-state index < -0.39 is 0 Å². The molecule has 4 heteroatoms. The van der Waals surface area contributed by atoms with Crippen molar-refractivity contribution in [3.63, 3.8) is 0 Å². The van der Waals surface area contributed by atoms with E-state index in [1.165, 1.54) is 0 Å². The lowest BCUT2D eigenvalue weighted by Crippen LogP contribution is -2.34. The summed E-state index contributed by atoms with van der Waals surface area (Å²) in [5, 5.41) is 0. The number of para-hydroxylation sites is 1. The molecule has 1 heterocycles. The zero-order valence-electron chi connectivity index (χ0n) is 14.0. The molecule has 3 rings (SSSR count). The zero-order valence-corrected chi connectivity index (χ0v) is 14.0. The Kier molecular flexibility index (Phi) is 5.16. The molecule has 0 saturated carbocycles. The van der Waals surface area contributed by atoms with E-state index in [-0.39, 0.29) is 11.9 Å². The molecule has 1 saturated heterocycles. The van der Waals surface area contributed by atoms with Crippen LogP contribution in [0.2, 0.25) is 0 Å². The van der Waals surface area contributed by atoms with Crippen molar-refractivity contribution >= 4 is 5.91 Å². The third kappa shape index (κ3) is 3.77. The van der Waals surface area contributed by atoms with Gasteiger partial charge in [-0.2, -0.15) is 0 Å². The predicted octanol–water partition coefficient (Wildman–Crippen LogP) is 3.07. The number of likely N-dealkylation sites (tertiary alicyclic amines) is 1. The Morgan fingerprint density at radius 2 is 1.88 bits per heavy atom. The summed E-state index contributed by atoms with van der Waals surface area (Å²) in [5.74, 6) is 1.35. The van der Waals surface area contributed by atoms with E-state index in [9.17, 15) is 4.79 Å². The molecule has 1 aliphatic rings. The number of carbonyl (C=O) groups excluding carboxylic acids is 1. The highest BCUT2D eigenvalue weighted by Crippen LogP contribution is 2.24.